The van der Waals surface area contributed by atoms with Crippen molar-refractivity contribution in [3.05, 3.63) is 19.7 Å². The number of nitrogens with zero attached hydrogens (tertiary/aromatic N) is 3. The van der Waals surface area contributed by atoms with E-state index in [-0.39, 0.29) is 88.7 Å². The van der Waals surface area contributed by atoms with Crippen molar-refractivity contribution in [2.45, 2.75) is 0 Å². The summed E-state index contributed by atoms with van der Waals surface area (Å²) in [6, 6.07) is 0. The van der Waals surface area contributed by atoms with Crippen LogP contribution in [0.2, 0.25) is 0 Å². The molecule has 6 heteroatoms. The van der Waals surface area contributed by atoms with Gasteiger partial charge in [-0.3, -0.25) is 0 Å². The minimum atomic E-state index is 0. The molecule has 0 aromatic heterocycles. The molecular formula is C3N3Na3. The summed E-state index contributed by atoms with van der Waals surface area (Å²) >= 11 is 0. The van der Waals surface area contributed by atoms with Gasteiger partial charge < -0.3 is 35.5 Å². The monoisotopic (exact) mass is 147 g/mol. The number of hydrogen-bond donors (Lipinski definition) is 0. The van der Waals surface area contributed by atoms with E-state index in [2.05, 4.69) is 0 Å². The molecule has 0 fully saturated rings. The molecule has 3 nitrogen and oxygen atoms in total. The van der Waals surface area contributed by atoms with E-state index in [4.69, 9.17) is 35.5 Å². The van der Waals surface area contributed by atoms with Gasteiger partial charge in [0.1, 0.15) is 0 Å². The molecule has 30 valence electrons. The molecule has 0 atom stereocenters. The van der Waals surface area contributed by atoms with Crippen LogP contribution in [0.15, 0.2) is 0 Å². The Hall–Kier alpha value is 1.47. The summed E-state index contributed by atoms with van der Waals surface area (Å²) in [5, 5.41) is 18.8. The second-order valence-corrected chi connectivity index (χ2v) is 0. The Labute approximate surface area is 122 Å². The smallest absolute Gasteiger partial charge is 0.512 e. The summed E-state index contributed by atoms with van der Waals surface area (Å²) < 4.78 is 0. The van der Waals surface area contributed by atoms with Crippen molar-refractivity contribution >= 4 is 0 Å². The molecule has 9 heavy (non-hydrogen) atoms. The fourth-order valence-corrected chi connectivity index (χ4v) is 0. The molecule has 0 saturated carbocycles. The minimum absolute atomic E-state index is 0. The summed E-state index contributed by atoms with van der Waals surface area (Å²) in [7, 11) is 0. The van der Waals surface area contributed by atoms with Crippen LogP contribution < -0.4 is 88.7 Å². The van der Waals surface area contributed by atoms with Gasteiger partial charge in [0.25, 0.3) is 0 Å². The van der Waals surface area contributed by atoms with E-state index in [9.17, 15) is 0 Å². The zero-order valence-corrected chi connectivity index (χ0v) is 11.8. The van der Waals surface area contributed by atoms with Crippen LogP contribution in [0.25, 0.3) is 0 Å². The van der Waals surface area contributed by atoms with Crippen LogP contribution in [0.1, 0.15) is 0 Å². The molecule has 0 aromatic carbocycles. The van der Waals surface area contributed by atoms with Crippen LogP contribution in [-0.2, 0) is 0 Å². The molecule has 0 bridgehead atoms. The maximum Gasteiger partial charge on any atom is 1.00 e. The Morgan fingerprint density at radius 1 is 0.444 bits per heavy atom. The topological polar surface area (TPSA) is 71.4 Å². The van der Waals surface area contributed by atoms with E-state index in [1.54, 1.807) is 0 Å². The Kier molecular flexibility index (Phi) is 1640. The van der Waals surface area contributed by atoms with Gasteiger partial charge in [0, 0.05) is 0 Å². The SMILES string of the molecule is [C-]#N.[C-]#N.[C-]#N.[Na+].[Na+].[Na+]. The molecule has 0 rings (SSSR count). The van der Waals surface area contributed by atoms with Gasteiger partial charge in [-0.05, 0) is 0 Å². The average molecular weight is 147 g/mol. The first-order valence-electron chi connectivity index (χ1n) is 0.671. The van der Waals surface area contributed by atoms with Crippen molar-refractivity contribution in [2.24, 2.45) is 0 Å². The predicted molar refractivity (Wildman–Crippen MR) is 14.9 cm³/mol. The zero-order valence-electron chi connectivity index (χ0n) is 5.84. The molecule has 0 N–H and O–H groups in total. The van der Waals surface area contributed by atoms with Gasteiger partial charge in [-0.1, -0.05) is 0 Å². The van der Waals surface area contributed by atoms with Crippen LogP contribution >= 0.6 is 0 Å². The van der Waals surface area contributed by atoms with E-state index < -0.39 is 0 Å². The molecule has 0 amide bonds. The number of hydrogen-bond acceptors (Lipinski definition) is 3. The standard InChI is InChI=1S/3CN.3Na/c3*1-2;;;/q3*-1;3*+1. The molecule has 0 aliphatic rings. The molecule has 0 aromatic rings. The summed E-state index contributed by atoms with van der Waals surface area (Å²) in [4.78, 5) is 0. The van der Waals surface area contributed by atoms with Gasteiger partial charge in [-0.2, -0.15) is 0 Å². The van der Waals surface area contributed by atoms with Crippen LogP contribution in [-0.4, -0.2) is 0 Å². The van der Waals surface area contributed by atoms with Crippen molar-refractivity contribution in [2.75, 3.05) is 0 Å². The largest absolute Gasteiger partial charge is 1.00 e. The van der Waals surface area contributed by atoms with Crippen molar-refractivity contribution in [1.82, 2.24) is 0 Å². The molecule has 0 spiro atoms. The fraction of sp³-hybridized carbons (Fsp3) is 0. The molecule has 0 heterocycles. The minimum Gasteiger partial charge on any atom is -0.512 e. The molecule has 0 radical (unpaired) electrons. The summed E-state index contributed by atoms with van der Waals surface area (Å²) in [5.74, 6) is 0. The van der Waals surface area contributed by atoms with Gasteiger partial charge >= 0.3 is 88.7 Å². The Morgan fingerprint density at radius 3 is 0.444 bits per heavy atom. The average Bonchev–Trinajstić information content (AvgIpc) is 1.81. The van der Waals surface area contributed by atoms with Crippen molar-refractivity contribution < 1.29 is 88.7 Å². The van der Waals surface area contributed by atoms with E-state index in [1.165, 1.54) is 0 Å². The third kappa shape index (κ3) is 245. The Bertz CT molecular complexity index is 42.8. The second-order valence-electron chi connectivity index (χ2n) is 0. The maximum atomic E-state index is 6.25. The van der Waals surface area contributed by atoms with Crippen LogP contribution in [0.4, 0.5) is 0 Å². The van der Waals surface area contributed by atoms with Crippen LogP contribution in [0.3, 0.4) is 0 Å². The first-order chi connectivity index (χ1) is 3.00. The van der Waals surface area contributed by atoms with E-state index >= 15 is 0 Å². The normalized spacial score (nSPS) is 0.667. The van der Waals surface area contributed by atoms with Crippen molar-refractivity contribution in [3.8, 4) is 0 Å². The summed E-state index contributed by atoms with van der Waals surface area (Å²) in [6.45, 7) is 14.2. The molecule has 0 aliphatic heterocycles. The van der Waals surface area contributed by atoms with Gasteiger partial charge in [0.2, 0.25) is 0 Å². The van der Waals surface area contributed by atoms with Gasteiger partial charge in [-0.15, -0.1) is 0 Å². The van der Waals surface area contributed by atoms with Gasteiger partial charge in [0.15, 0.2) is 0 Å². The number of rotatable bonds is 0. The fourth-order valence-electron chi connectivity index (χ4n) is 0. The maximum absolute atomic E-state index is 6.25. The van der Waals surface area contributed by atoms with Gasteiger partial charge in [-0.25, -0.2) is 0 Å². The summed E-state index contributed by atoms with van der Waals surface area (Å²) in [5.41, 5.74) is 0. The first kappa shape index (κ1) is 47.0. The third-order valence-electron chi connectivity index (χ3n) is 0. The molecule has 0 aliphatic carbocycles. The molecular weight excluding hydrogens is 147 g/mol. The van der Waals surface area contributed by atoms with E-state index in [0.717, 1.165) is 0 Å². The Balaban J connectivity index is -0.00000000321. The van der Waals surface area contributed by atoms with Crippen molar-refractivity contribution in [1.29, 1.82) is 15.8 Å². The van der Waals surface area contributed by atoms with Crippen LogP contribution in [0.5, 0.6) is 0 Å². The second kappa shape index (κ2) is 314. The van der Waals surface area contributed by atoms with E-state index in [1.807, 2.05) is 0 Å². The van der Waals surface area contributed by atoms with Crippen molar-refractivity contribution in [3.63, 3.8) is 0 Å². The quantitative estimate of drug-likeness (QED) is 0.252. The third-order valence-corrected chi connectivity index (χ3v) is 0. The summed E-state index contributed by atoms with van der Waals surface area (Å²) in [6.07, 6.45) is 0. The first-order valence-corrected chi connectivity index (χ1v) is 0.671. The predicted octanol–water partition coefficient (Wildman–Crippen LogP) is -8.70. The van der Waals surface area contributed by atoms with Gasteiger partial charge in [0.05, 0.1) is 0 Å². The molecule has 0 unspecified atom stereocenters. The Morgan fingerprint density at radius 2 is 0.444 bits per heavy atom. The zero-order chi connectivity index (χ0) is 6.00. The van der Waals surface area contributed by atoms with E-state index in [0.29, 0.717) is 0 Å². The van der Waals surface area contributed by atoms with Crippen LogP contribution in [0, 0.1) is 35.5 Å². The molecule has 0 saturated heterocycles.